The van der Waals surface area contributed by atoms with E-state index in [2.05, 4.69) is 22.9 Å². The SMILES string of the molecule is Cc1c(F)cc2c3c(c(=O)n(I)c2c1F)N(C)C(=O)C1(CO)CN(I)C(C)CN31. The van der Waals surface area contributed by atoms with Crippen molar-refractivity contribution in [1.82, 2.24) is 5.89 Å². The van der Waals surface area contributed by atoms with E-state index in [0.717, 1.165) is 2.78 Å². The molecular weight excluding hydrogens is 612 g/mol. The second kappa shape index (κ2) is 6.99. The maximum absolute atomic E-state index is 15.0. The summed E-state index contributed by atoms with van der Waals surface area (Å²) in [7, 11) is 1.45. The van der Waals surface area contributed by atoms with Gasteiger partial charge in [0, 0.05) is 60.0 Å². The van der Waals surface area contributed by atoms with Gasteiger partial charge in [-0.05, 0) is 19.9 Å². The lowest BCUT2D eigenvalue weighted by Gasteiger charge is -2.55. The number of aliphatic hydroxyl groups excluding tert-OH is 1. The molecule has 2 aliphatic heterocycles. The number of aromatic nitrogens is 1. The summed E-state index contributed by atoms with van der Waals surface area (Å²) >= 11 is 3.78. The topological polar surface area (TPSA) is 69.0 Å². The van der Waals surface area contributed by atoms with Crippen LogP contribution in [0, 0.1) is 18.6 Å². The number of aliphatic hydroxyl groups is 1. The number of carbonyl (C=O) groups is 1. The molecular formula is C18H18F2I2N4O3. The van der Waals surface area contributed by atoms with Crippen LogP contribution in [-0.4, -0.2) is 55.2 Å². The van der Waals surface area contributed by atoms with Crippen LogP contribution in [0.3, 0.4) is 0 Å². The lowest BCUT2D eigenvalue weighted by atomic mass is 9.87. The molecule has 7 nitrogen and oxygen atoms in total. The first-order chi connectivity index (χ1) is 13.6. The van der Waals surface area contributed by atoms with Gasteiger partial charge in [-0.3, -0.25) is 9.59 Å². The zero-order valence-corrected chi connectivity index (χ0v) is 20.2. The summed E-state index contributed by atoms with van der Waals surface area (Å²) in [4.78, 5) is 29.3. The monoisotopic (exact) mass is 630 g/mol. The van der Waals surface area contributed by atoms with Gasteiger partial charge in [0.15, 0.2) is 11.4 Å². The third-order valence-electron chi connectivity index (χ3n) is 5.90. The minimum absolute atomic E-state index is 0.0171. The number of pyridine rings is 1. The first-order valence-electron chi connectivity index (χ1n) is 8.89. The number of amides is 1. The quantitative estimate of drug-likeness (QED) is 0.388. The normalized spacial score (nSPS) is 24.8. The molecule has 3 heterocycles. The molecule has 156 valence electrons. The van der Waals surface area contributed by atoms with Crippen molar-refractivity contribution >= 4 is 73.9 Å². The predicted octanol–water partition coefficient (Wildman–Crippen LogP) is 2.35. The molecule has 0 radical (unpaired) electrons. The molecule has 2 atom stereocenters. The van der Waals surface area contributed by atoms with Crippen LogP contribution in [0.5, 0.6) is 0 Å². The standard InChI is InChI=1S/C18H18F2I2N4O3/c1-8-5-24-14-10-4-11(19)9(2)12(20)13(10)26(22)16(28)15(14)23(3)17(29)18(24,7-27)6-25(8)21/h4,8,27H,5-7H2,1-3H3. The Morgan fingerprint density at radius 3 is 2.55 bits per heavy atom. The fourth-order valence-electron chi connectivity index (χ4n) is 4.20. The summed E-state index contributed by atoms with van der Waals surface area (Å²) < 4.78 is 32.6. The van der Waals surface area contributed by atoms with Crippen molar-refractivity contribution in [1.29, 1.82) is 0 Å². The van der Waals surface area contributed by atoms with Crippen LogP contribution in [0.25, 0.3) is 10.9 Å². The van der Waals surface area contributed by atoms with Crippen LogP contribution in [0.4, 0.5) is 20.2 Å². The van der Waals surface area contributed by atoms with E-state index in [1.807, 2.05) is 10.0 Å². The third-order valence-corrected chi connectivity index (χ3v) is 8.11. The van der Waals surface area contributed by atoms with Crippen molar-refractivity contribution < 1.29 is 18.7 Å². The van der Waals surface area contributed by atoms with E-state index in [4.69, 9.17) is 0 Å². The second-order valence-corrected chi connectivity index (χ2v) is 9.75. The summed E-state index contributed by atoms with van der Waals surface area (Å²) in [6, 6.07) is 1.19. The molecule has 1 amide bonds. The molecule has 1 saturated heterocycles. The zero-order valence-electron chi connectivity index (χ0n) is 15.8. The number of halogens is 4. The Balaban J connectivity index is 2.19. The molecule has 0 saturated carbocycles. The van der Waals surface area contributed by atoms with Crippen LogP contribution < -0.4 is 15.4 Å². The molecule has 0 aliphatic carbocycles. The molecule has 1 fully saturated rings. The lowest BCUT2D eigenvalue weighted by Crippen LogP contribution is -2.74. The van der Waals surface area contributed by atoms with Gasteiger partial charge in [0.05, 0.1) is 40.7 Å². The van der Waals surface area contributed by atoms with E-state index in [-0.39, 0.29) is 40.4 Å². The van der Waals surface area contributed by atoms with Crippen LogP contribution in [0.15, 0.2) is 10.9 Å². The number of piperazine rings is 1. The highest BCUT2D eigenvalue weighted by Crippen LogP contribution is 2.46. The highest BCUT2D eigenvalue weighted by molar-refractivity contribution is 14.1. The van der Waals surface area contributed by atoms with Crippen molar-refractivity contribution in [2.75, 3.05) is 36.5 Å². The van der Waals surface area contributed by atoms with Crippen molar-refractivity contribution in [3.8, 4) is 0 Å². The van der Waals surface area contributed by atoms with Gasteiger partial charge in [0.1, 0.15) is 11.5 Å². The van der Waals surface area contributed by atoms with Gasteiger partial charge in [-0.1, -0.05) is 0 Å². The second-order valence-electron chi connectivity index (χ2n) is 7.55. The van der Waals surface area contributed by atoms with E-state index in [1.54, 1.807) is 27.8 Å². The van der Waals surface area contributed by atoms with Crippen LogP contribution in [-0.2, 0) is 4.79 Å². The van der Waals surface area contributed by atoms with E-state index in [1.165, 1.54) is 24.9 Å². The number of nitrogens with zero attached hydrogens (tertiary/aromatic N) is 4. The summed E-state index contributed by atoms with van der Waals surface area (Å²) in [6.45, 7) is 3.29. The molecule has 0 bridgehead atoms. The average Bonchev–Trinajstić information content (AvgIpc) is 2.68. The minimum atomic E-state index is -1.34. The number of carbonyl (C=O) groups excluding carboxylic acids is 1. The fourth-order valence-corrected chi connectivity index (χ4v) is 5.64. The molecule has 1 aromatic heterocycles. The van der Waals surface area contributed by atoms with Crippen molar-refractivity contribution in [3.63, 3.8) is 0 Å². The Labute approximate surface area is 193 Å². The average molecular weight is 630 g/mol. The van der Waals surface area contributed by atoms with Gasteiger partial charge in [-0.15, -0.1) is 0 Å². The summed E-state index contributed by atoms with van der Waals surface area (Å²) in [5.74, 6) is -1.98. The van der Waals surface area contributed by atoms with Crippen LogP contribution >= 0.6 is 45.7 Å². The Morgan fingerprint density at radius 2 is 1.93 bits per heavy atom. The highest BCUT2D eigenvalue weighted by Gasteiger charge is 2.55. The molecule has 2 aromatic rings. The first-order valence-corrected chi connectivity index (χ1v) is 10.8. The zero-order chi connectivity index (χ0) is 21.4. The van der Waals surface area contributed by atoms with E-state index in [9.17, 15) is 19.1 Å². The van der Waals surface area contributed by atoms with Crippen molar-refractivity contribution in [2.24, 2.45) is 0 Å². The Morgan fingerprint density at radius 1 is 1.28 bits per heavy atom. The number of hydrogen-bond acceptors (Lipinski definition) is 5. The number of likely N-dealkylation sites (N-methyl/N-ethyl adjacent to an activating group) is 1. The maximum atomic E-state index is 15.0. The van der Waals surface area contributed by atoms with E-state index >= 15 is 4.39 Å². The number of anilines is 2. The number of hydrogen-bond donors (Lipinski definition) is 1. The van der Waals surface area contributed by atoms with E-state index in [0.29, 0.717) is 6.54 Å². The Bertz CT molecular complexity index is 1120. The number of rotatable bonds is 1. The van der Waals surface area contributed by atoms with Crippen LogP contribution in [0.2, 0.25) is 0 Å². The summed E-state index contributed by atoms with van der Waals surface area (Å²) in [6.07, 6.45) is 0. The van der Waals surface area contributed by atoms with Gasteiger partial charge in [-0.25, -0.2) is 14.7 Å². The molecule has 2 aliphatic rings. The summed E-state index contributed by atoms with van der Waals surface area (Å²) in [5.41, 5.74) is -1.79. The molecule has 2 unspecified atom stereocenters. The molecule has 11 heteroatoms. The van der Waals surface area contributed by atoms with Crippen LogP contribution in [0.1, 0.15) is 12.5 Å². The van der Waals surface area contributed by atoms with Gasteiger partial charge in [0.2, 0.25) is 0 Å². The number of fused-ring (bicyclic) bond motifs is 5. The largest absolute Gasteiger partial charge is 0.393 e. The lowest BCUT2D eigenvalue weighted by molar-refractivity contribution is -0.126. The fraction of sp³-hybridized carbons (Fsp3) is 0.444. The molecule has 1 N–H and O–H groups in total. The Hall–Kier alpha value is -1.06. The van der Waals surface area contributed by atoms with Crippen molar-refractivity contribution in [3.05, 3.63) is 33.6 Å². The van der Waals surface area contributed by atoms with Crippen molar-refractivity contribution in [2.45, 2.75) is 25.4 Å². The third kappa shape index (κ3) is 2.69. The smallest absolute Gasteiger partial charge is 0.286 e. The molecule has 4 rings (SSSR count). The maximum Gasteiger partial charge on any atom is 0.286 e. The Kier molecular flexibility index (Phi) is 5.10. The highest BCUT2D eigenvalue weighted by atomic mass is 127. The molecule has 1 aromatic carbocycles. The van der Waals surface area contributed by atoms with E-state index < -0.39 is 35.2 Å². The minimum Gasteiger partial charge on any atom is -0.393 e. The van der Waals surface area contributed by atoms with Gasteiger partial charge < -0.3 is 14.9 Å². The predicted molar refractivity (Wildman–Crippen MR) is 123 cm³/mol. The van der Waals surface area contributed by atoms with Gasteiger partial charge in [0.25, 0.3) is 11.5 Å². The summed E-state index contributed by atoms with van der Waals surface area (Å²) in [5, 5.41) is 10.5. The first kappa shape index (κ1) is 21.2. The number of benzene rings is 1. The van der Waals surface area contributed by atoms with Gasteiger partial charge in [-0.2, -0.15) is 0 Å². The molecule has 0 spiro atoms. The molecule has 29 heavy (non-hydrogen) atoms. The van der Waals surface area contributed by atoms with Gasteiger partial charge >= 0.3 is 0 Å².